The number of hydrogen-bond acceptors (Lipinski definition) is 3. The van der Waals surface area contributed by atoms with Crippen molar-refractivity contribution in [1.82, 2.24) is 5.32 Å². The van der Waals surface area contributed by atoms with Gasteiger partial charge in [0.2, 0.25) is 0 Å². The third-order valence-electron chi connectivity index (χ3n) is 2.26. The summed E-state index contributed by atoms with van der Waals surface area (Å²) in [6.45, 7) is 8.15. The van der Waals surface area contributed by atoms with Crippen LogP contribution in [0.25, 0.3) is 0 Å². The molecule has 0 aromatic heterocycles. The summed E-state index contributed by atoms with van der Waals surface area (Å²) in [6, 6.07) is 5.55. The Morgan fingerprint density at radius 2 is 1.94 bits per heavy atom. The molecular formula is C13H21ClN2O. The minimum atomic E-state index is 0.139. The molecule has 4 heteroatoms. The lowest BCUT2D eigenvalue weighted by Gasteiger charge is -2.21. The van der Waals surface area contributed by atoms with Crippen molar-refractivity contribution in [2.75, 3.05) is 25.5 Å². The number of methoxy groups -OCH3 is 1. The number of halogens is 1. The lowest BCUT2D eigenvalue weighted by molar-refractivity contribution is 0.415. The van der Waals surface area contributed by atoms with Crippen LogP contribution in [0, 0.1) is 0 Å². The molecule has 1 rings (SSSR count). The van der Waals surface area contributed by atoms with Crippen LogP contribution in [0.5, 0.6) is 5.75 Å². The summed E-state index contributed by atoms with van der Waals surface area (Å²) in [5.74, 6) is 0.810. The van der Waals surface area contributed by atoms with Gasteiger partial charge in [-0.2, -0.15) is 0 Å². The maximum atomic E-state index is 5.95. The minimum absolute atomic E-state index is 0.139. The Labute approximate surface area is 109 Å². The second kappa shape index (κ2) is 6.12. The molecule has 0 bridgehead atoms. The van der Waals surface area contributed by atoms with Crippen molar-refractivity contribution >= 4 is 17.3 Å². The molecule has 3 nitrogen and oxygen atoms in total. The first-order chi connectivity index (χ1) is 7.92. The summed E-state index contributed by atoms with van der Waals surface area (Å²) < 4.78 is 5.26. The highest BCUT2D eigenvalue weighted by atomic mass is 35.5. The maximum absolute atomic E-state index is 5.95. The van der Waals surface area contributed by atoms with E-state index in [1.807, 2.05) is 18.2 Å². The van der Waals surface area contributed by atoms with E-state index in [2.05, 4.69) is 31.4 Å². The Morgan fingerprint density at radius 3 is 2.53 bits per heavy atom. The first kappa shape index (κ1) is 14.1. The van der Waals surface area contributed by atoms with E-state index in [1.165, 1.54) is 0 Å². The summed E-state index contributed by atoms with van der Waals surface area (Å²) in [4.78, 5) is 0. The van der Waals surface area contributed by atoms with Crippen LogP contribution in [0.2, 0.25) is 5.02 Å². The zero-order chi connectivity index (χ0) is 12.9. The van der Waals surface area contributed by atoms with Crippen molar-refractivity contribution in [3.05, 3.63) is 23.2 Å². The van der Waals surface area contributed by atoms with Crippen molar-refractivity contribution < 1.29 is 4.74 Å². The molecule has 2 N–H and O–H groups in total. The van der Waals surface area contributed by atoms with E-state index in [4.69, 9.17) is 16.3 Å². The van der Waals surface area contributed by atoms with Crippen LogP contribution in [-0.4, -0.2) is 25.7 Å². The number of benzene rings is 1. The van der Waals surface area contributed by atoms with Crippen molar-refractivity contribution in [2.45, 2.75) is 26.3 Å². The molecule has 0 saturated heterocycles. The van der Waals surface area contributed by atoms with Gasteiger partial charge in [0.25, 0.3) is 0 Å². The molecule has 1 aromatic carbocycles. The fraction of sp³-hybridized carbons (Fsp3) is 0.538. The van der Waals surface area contributed by atoms with Gasteiger partial charge >= 0.3 is 0 Å². The monoisotopic (exact) mass is 256 g/mol. The molecule has 0 unspecified atom stereocenters. The van der Waals surface area contributed by atoms with Crippen molar-refractivity contribution in [3.8, 4) is 5.75 Å². The molecule has 96 valence electrons. The van der Waals surface area contributed by atoms with Crippen molar-refractivity contribution in [3.63, 3.8) is 0 Å². The van der Waals surface area contributed by atoms with Gasteiger partial charge in [-0.1, -0.05) is 11.6 Å². The standard InChI is InChI=1S/C13H21ClN2O/c1-13(2,3)16-8-7-15-11-9-10(14)5-6-12(11)17-4/h5-6,9,15-16H,7-8H2,1-4H3. The molecule has 0 radical (unpaired) electrons. The second-order valence-electron chi connectivity index (χ2n) is 4.95. The second-order valence-corrected chi connectivity index (χ2v) is 5.38. The molecule has 0 saturated carbocycles. The SMILES string of the molecule is COc1ccc(Cl)cc1NCCNC(C)(C)C. The van der Waals surface area contributed by atoms with Gasteiger partial charge in [-0.25, -0.2) is 0 Å². The highest BCUT2D eigenvalue weighted by molar-refractivity contribution is 6.30. The van der Waals surface area contributed by atoms with Crippen molar-refractivity contribution in [1.29, 1.82) is 0 Å². The number of ether oxygens (including phenoxy) is 1. The first-order valence-electron chi connectivity index (χ1n) is 5.75. The molecule has 0 heterocycles. The highest BCUT2D eigenvalue weighted by Crippen LogP contribution is 2.27. The molecule has 0 aliphatic heterocycles. The van der Waals surface area contributed by atoms with Crippen LogP contribution in [0.1, 0.15) is 20.8 Å². The first-order valence-corrected chi connectivity index (χ1v) is 6.12. The number of hydrogen-bond donors (Lipinski definition) is 2. The van der Waals surface area contributed by atoms with Crippen LogP contribution >= 0.6 is 11.6 Å². The predicted molar refractivity (Wildman–Crippen MR) is 74.2 cm³/mol. The summed E-state index contributed by atoms with van der Waals surface area (Å²) in [5.41, 5.74) is 1.07. The molecule has 0 atom stereocenters. The van der Waals surface area contributed by atoms with Crippen LogP contribution in [-0.2, 0) is 0 Å². The maximum Gasteiger partial charge on any atom is 0.142 e. The predicted octanol–water partition coefficient (Wildman–Crippen LogP) is 3.15. The average molecular weight is 257 g/mol. The van der Waals surface area contributed by atoms with E-state index < -0.39 is 0 Å². The Morgan fingerprint density at radius 1 is 1.24 bits per heavy atom. The van der Waals surface area contributed by atoms with E-state index >= 15 is 0 Å². The van der Waals surface area contributed by atoms with Crippen molar-refractivity contribution in [2.24, 2.45) is 0 Å². The Kier molecular flexibility index (Phi) is 5.09. The smallest absolute Gasteiger partial charge is 0.142 e. The number of nitrogens with one attached hydrogen (secondary N) is 2. The fourth-order valence-electron chi connectivity index (χ4n) is 1.45. The quantitative estimate of drug-likeness (QED) is 0.794. The molecule has 0 aliphatic rings. The van der Waals surface area contributed by atoms with Gasteiger partial charge in [0.1, 0.15) is 5.75 Å². The van der Waals surface area contributed by atoms with Gasteiger partial charge in [-0.05, 0) is 39.0 Å². The molecule has 1 aromatic rings. The largest absolute Gasteiger partial charge is 0.495 e. The number of rotatable bonds is 5. The third-order valence-corrected chi connectivity index (χ3v) is 2.49. The lowest BCUT2D eigenvalue weighted by Crippen LogP contribution is -2.38. The minimum Gasteiger partial charge on any atom is -0.495 e. The molecule has 0 spiro atoms. The lowest BCUT2D eigenvalue weighted by atomic mass is 10.1. The highest BCUT2D eigenvalue weighted by Gasteiger charge is 2.08. The summed E-state index contributed by atoms with van der Waals surface area (Å²) in [7, 11) is 1.65. The zero-order valence-electron chi connectivity index (χ0n) is 10.9. The van der Waals surface area contributed by atoms with Crippen LogP contribution in [0.3, 0.4) is 0 Å². The van der Waals surface area contributed by atoms with E-state index in [1.54, 1.807) is 7.11 Å². The van der Waals surface area contributed by atoms with E-state index in [0.717, 1.165) is 24.5 Å². The van der Waals surface area contributed by atoms with E-state index in [0.29, 0.717) is 5.02 Å². The molecule has 0 aliphatic carbocycles. The average Bonchev–Trinajstić information content (AvgIpc) is 2.23. The topological polar surface area (TPSA) is 33.3 Å². The molecule has 0 amide bonds. The van der Waals surface area contributed by atoms with E-state index in [9.17, 15) is 0 Å². The Bertz CT molecular complexity index is 361. The van der Waals surface area contributed by atoms with Crippen LogP contribution < -0.4 is 15.4 Å². The summed E-state index contributed by atoms with van der Waals surface area (Å²) in [5, 5.41) is 7.42. The Hall–Kier alpha value is -0.930. The van der Waals surface area contributed by atoms with Gasteiger partial charge in [0.15, 0.2) is 0 Å². The van der Waals surface area contributed by atoms with Gasteiger partial charge < -0.3 is 15.4 Å². The van der Waals surface area contributed by atoms with Gasteiger partial charge in [-0.15, -0.1) is 0 Å². The normalized spacial score (nSPS) is 11.4. The molecular weight excluding hydrogens is 236 g/mol. The van der Waals surface area contributed by atoms with Gasteiger partial charge in [0.05, 0.1) is 12.8 Å². The zero-order valence-corrected chi connectivity index (χ0v) is 11.7. The summed E-state index contributed by atoms with van der Waals surface area (Å²) >= 11 is 5.95. The number of anilines is 1. The van der Waals surface area contributed by atoms with E-state index in [-0.39, 0.29) is 5.54 Å². The van der Waals surface area contributed by atoms with Crippen LogP contribution in [0.15, 0.2) is 18.2 Å². The molecule has 0 fully saturated rings. The third kappa shape index (κ3) is 5.29. The van der Waals surface area contributed by atoms with Crippen LogP contribution in [0.4, 0.5) is 5.69 Å². The van der Waals surface area contributed by atoms with Gasteiger partial charge in [-0.3, -0.25) is 0 Å². The summed E-state index contributed by atoms with van der Waals surface area (Å²) in [6.07, 6.45) is 0. The molecule has 17 heavy (non-hydrogen) atoms. The van der Waals surface area contributed by atoms with Gasteiger partial charge in [0, 0.05) is 23.7 Å². The fourth-order valence-corrected chi connectivity index (χ4v) is 1.63. The Balaban J connectivity index is 2.48.